The van der Waals surface area contributed by atoms with Gasteiger partial charge in [-0.05, 0) is 36.5 Å². The Kier molecular flexibility index (Phi) is 8.88. The summed E-state index contributed by atoms with van der Waals surface area (Å²) in [6.07, 6.45) is 4.87. The Morgan fingerprint density at radius 1 is 1.06 bits per heavy atom. The normalized spacial score (nSPS) is 19.7. The van der Waals surface area contributed by atoms with E-state index >= 15 is 0 Å². The molecule has 0 aromatic heterocycles. The van der Waals surface area contributed by atoms with Crippen molar-refractivity contribution in [2.75, 3.05) is 13.1 Å². The molecule has 2 aromatic rings. The van der Waals surface area contributed by atoms with Crippen molar-refractivity contribution in [3.05, 3.63) is 72.4 Å². The molecule has 6 nitrogen and oxygen atoms in total. The van der Waals surface area contributed by atoms with Gasteiger partial charge in [-0.2, -0.15) is 0 Å². The summed E-state index contributed by atoms with van der Waals surface area (Å²) in [5.41, 5.74) is 8.82. The third kappa shape index (κ3) is 6.26. The van der Waals surface area contributed by atoms with Gasteiger partial charge in [-0.1, -0.05) is 87.4 Å². The molecular weight excluding hydrogens is 424 g/mol. The number of carbonyl (C=O) groups is 2. The van der Waals surface area contributed by atoms with Gasteiger partial charge >= 0.3 is 0 Å². The van der Waals surface area contributed by atoms with Gasteiger partial charge in [-0.25, -0.2) is 0 Å². The molecule has 0 radical (unpaired) electrons. The van der Waals surface area contributed by atoms with Crippen LogP contribution in [-0.4, -0.2) is 36.5 Å². The molecule has 0 bridgehead atoms. The highest BCUT2D eigenvalue weighted by Crippen LogP contribution is 2.52. The zero-order valence-corrected chi connectivity index (χ0v) is 20.4. The summed E-state index contributed by atoms with van der Waals surface area (Å²) in [7, 11) is 0. The monoisotopic (exact) mass is 462 g/mol. The van der Waals surface area contributed by atoms with Crippen molar-refractivity contribution >= 4 is 11.8 Å². The summed E-state index contributed by atoms with van der Waals surface area (Å²) < 4.78 is 0. The second-order valence-electron chi connectivity index (χ2n) is 9.23. The zero-order chi connectivity index (χ0) is 24.6. The minimum atomic E-state index is -0.958. The van der Waals surface area contributed by atoms with Gasteiger partial charge in [-0.3, -0.25) is 9.59 Å². The number of benzene rings is 2. The minimum Gasteiger partial charge on any atom is -0.377 e. The van der Waals surface area contributed by atoms with E-state index in [-0.39, 0.29) is 24.3 Å². The molecule has 0 saturated heterocycles. The SMILES string of the molecule is C=C(C)N[C@@H](CN)C(=O)NC1(C(=O)NCCCCCC)CC1c1ccc(-c2ccccc2)cc1. The number of amides is 2. The number of hydrogen-bond donors (Lipinski definition) is 4. The standard InChI is InChI=1S/C28H38N4O2/c1-4-5-6-10-17-30-27(34)28(32-26(33)25(19-29)31-20(2)3)18-24(28)23-15-13-22(14-16-23)21-11-8-7-9-12-21/h7-9,11-16,24-25,31H,2,4-6,10,17-19,29H2,1,3H3,(H,30,34)(H,32,33)/t24?,25-,28?/m0/s1. The lowest BCUT2D eigenvalue weighted by atomic mass is 10.00. The Labute approximate surface area is 203 Å². The second-order valence-corrected chi connectivity index (χ2v) is 9.23. The number of allylic oxidation sites excluding steroid dienone is 1. The van der Waals surface area contributed by atoms with Gasteiger partial charge in [0.1, 0.15) is 11.6 Å². The molecule has 0 aliphatic heterocycles. The lowest BCUT2D eigenvalue weighted by molar-refractivity contribution is -0.131. The molecule has 0 spiro atoms. The van der Waals surface area contributed by atoms with Crippen LogP contribution in [0.3, 0.4) is 0 Å². The fourth-order valence-corrected chi connectivity index (χ4v) is 4.40. The summed E-state index contributed by atoms with van der Waals surface area (Å²) in [5, 5.41) is 9.10. The third-order valence-electron chi connectivity index (χ3n) is 6.42. The van der Waals surface area contributed by atoms with Crippen LogP contribution < -0.4 is 21.7 Å². The maximum absolute atomic E-state index is 13.3. The highest BCUT2D eigenvalue weighted by molar-refractivity contribution is 5.97. The van der Waals surface area contributed by atoms with E-state index in [1.54, 1.807) is 6.92 Å². The van der Waals surface area contributed by atoms with Crippen LogP contribution in [0.25, 0.3) is 11.1 Å². The summed E-state index contributed by atoms with van der Waals surface area (Å²) >= 11 is 0. The van der Waals surface area contributed by atoms with Crippen LogP contribution in [0.1, 0.15) is 57.4 Å². The molecule has 2 unspecified atom stereocenters. The van der Waals surface area contributed by atoms with Crippen molar-refractivity contribution < 1.29 is 9.59 Å². The molecule has 1 aliphatic carbocycles. The van der Waals surface area contributed by atoms with Crippen molar-refractivity contribution in [1.29, 1.82) is 0 Å². The maximum atomic E-state index is 13.3. The van der Waals surface area contributed by atoms with Gasteiger partial charge in [0.05, 0.1) is 0 Å². The van der Waals surface area contributed by atoms with Crippen LogP contribution in [0, 0.1) is 0 Å². The van der Waals surface area contributed by atoms with Gasteiger partial charge in [0.25, 0.3) is 0 Å². The third-order valence-corrected chi connectivity index (χ3v) is 6.42. The van der Waals surface area contributed by atoms with Crippen molar-refractivity contribution in [2.24, 2.45) is 5.73 Å². The first kappa shape index (κ1) is 25.5. The number of rotatable bonds is 13. The first-order valence-corrected chi connectivity index (χ1v) is 12.3. The number of nitrogens with one attached hydrogen (secondary N) is 3. The van der Waals surface area contributed by atoms with E-state index < -0.39 is 11.6 Å². The molecule has 1 fully saturated rings. The Balaban J connectivity index is 1.75. The van der Waals surface area contributed by atoms with Crippen LogP contribution in [0.15, 0.2) is 66.9 Å². The lowest BCUT2D eigenvalue weighted by Crippen LogP contribution is -2.56. The molecule has 2 aromatic carbocycles. The van der Waals surface area contributed by atoms with Crippen molar-refractivity contribution in [2.45, 2.75) is 63.5 Å². The van der Waals surface area contributed by atoms with Crippen LogP contribution in [-0.2, 0) is 9.59 Å². The first-order chi connectivity index (χ1) is 16.4. The van der Waals surface area contributed by atoms with Gasteiger partial charge in [0.2, 0.25) is 11.8 Å². The van der Waals surface area contributed by atoms with E-state index in [1.807, 2.05) is 18.2 Å². The zero-order valence-electron chi connectivity index (χ0n) is 20.4. The van der Waals surface area contributed by atoms with Gasteiger partial charge in [0, 0.05) is 24.7 Å². The fourth-order valence-electron chi connectivity index (χ4n) is 4.40. The summed E-state index contributed by atoms with van der Waals surface area (Å²) in [6, 6.07) is 17.8. The average molecular weight is 463 g/mol. The van der Waals surface area contributed by atoms with E-state index in [9.17, 15) is 9.59 Å². The number of hydrogen-bond acceptors (Lipinski definition) is 4. The maximum Gasteiger partial charge on any atom is 0.246 e. The first-order valence-electron chi connectivity index (χ1n) is 12.3. The van der Waals surface area contributed by atoms with E-state index in [4.69, 9.17) is 5.73 Å². The molecule has 1 saturated carbocycles. The van der Waals surface area contributed by atoms with Crippen LogP contribution in [0.4, 0.5) is 0 Å². The lowest BCUT2D eigenvalue weighted by Gasteiger charge is -2.24. The molecule has 182 valence electrons. The van der Waals surface area contributed by atoms with E-state index in [2.05, 4.69) is 65.9 Å². The molecular formula is C28H38N4O2. The quantitative estimate of drug-likeness (QED) is 0.340. The highest BCUT2D eigenvalue weighted by Gasteiger charge is 2.61. The largest absolute Gasteiger partial charge is 0.377 e. The average Bonchev–Trinajstić information content (AvgIpc) is 3.58. The van der Waals surface area contributed by atoms with E-state index in [0.717, 1.165) is 42.4 Å². The Bertz CT molecular complexity index is 974. The molecule has 34 heavy (non-hydrogen) atoms. The van der Waals surface area contributed by atoms with Crippen molar-refractivity contribution in [3.8, 4) is 11.1 Å². The Hall–Kier alpha value is -3.12. The van der Waals surface area contributed by atoms with Crippen LogP contribution in [0.2, 0.25) is 0 Å². The Morgan fingerprint density at radius 3 is 2.35 bits per heavy atom. The summed E-state index contributed by atoms with van der Waals surface area (Å²) in [4.78, 5) is 26.3. The molecule has 1 aliphatic rings. The smallest absolute Gasteiger partial charge is 0.246 e. The summed E-state index contributed by atoms with van der Waals surface area (Å²) in [6.45, 7) is 8.47. The van der Waals surface area contributed by atoms with Gasteiger partial charge in [-0.15, -0.1) is 0 Å². The fraction of sp³-hybridized carbons (Fsp3) is 0.429. The predicted molar refractivity (Wildman–Crippen MR) is 138 cm³/mol. The van der Waals surface area contributed by atoms with Crippen molar-refractivity contribution in [1.82, 2.24) is 16.0 Å². The van der Waals surface area contributed by atoms with Gasteiger partial charge in [0.15, 0.2) is 0 Å². The van der Waals surface area contributed by atoms with Crippen LogP contribution in [0.5, 0.6) is 0 Å². The van der Waals surface area contributed by atoms with Crippen LogP contribution >= 0.6 is 0 Å². The molecule has 6 heteroatoms. The highest BCUT2D eigenvalue weighted by atomic mass is 16.2. The summed E-state index contributed by atoms with van der Waals surface area (Å²) in [5.74, 6) is -0.490. The molecule has 3 atom stereocenters. The van der Waals surface area contributed by atoms with Gasteiger partial charge < -0.3 is 21.7 Å². The molecule has 2 amide bonds. The minimum absolute atomic E-state index is 0.0832. The number of unbranched alkanes of at least 4 members (excludes halogenated alkanes) is 3. The molecule has 0 heterocycles. The predicted octanol–water partition coefficient (Wildman–Crippen LogP) is 3.84. The van der Waals surface area contributed by atoms with Crippen molar-refractivity contribution in [3.63, 3.8) is 0 Å². The number of carbonyl (C=O) groups excluding carboxylic acids is 2. The second kappa shape index (κ2) is 11.8. The number of nitrogens with two attached hydrogens (primary N) is 1. The molecule has 5 N–H and O–H groups in total. The Morgan fingerprint density at radius 2 is 1.74 bits per heavy atom. The van der Waals surface area contributed by atoms with E-state index in [1.165, 1.54) is 0 Å². The topological polar surface area (TPSA) is 96.2 Å². The molecule has 3 rings (SSSR count). The van der Waals surface area contributed by atoms with E-state index in [0.29, 0.717) is 18.7 Å².